The second-order valence-electron chi connectivity index (χ2n) is 6.06. The molecule has 4 nitrogen and oxygen atoms in total. The molecule has 2 heterocycles. The highest BCUT2D eigenvalue weighted by atomic mass is 16.5. The predicted molar refractivity (Wildman–Crippen MR) is 91.3 cm³/mol. The van der Waals surface area contributed by atoms with E-state index in [4.69, 9.17) is 9.15 Å². The maximum atomic E-state index is 5.39. The van der Waals surface area contributed by atoms with Crippen molar-refractivity contribution in [3.8, 4) is 0 Å². The minimum absolute atomic E-state index is 0.861. The zero-order valence-corrected chi connectivity index (χ0v) is 13.7. The number of nitrogens with zero attached hydrogens (tertiary/aromatic N) is 1. The van der Waals surface area contributed by atoms with Crippen molar-refractivity contribution in [3.63, 3.8) is 0 Å². The highest BCUT2D eigenvalue weighted by molar-refractivity contribution is 5.22. The van der Waals surface area contributed by atoms with Crippen LogP contribution < -0.4 is 5.32 Å². The summed E-state index contributed by atoms with van der Waals surface area (Å²) < 4.78 is 10.7. The van der Waals surface area contributed by atoms with Crippen LogP contribution in [0, 0.1) is 0 Å². The van der Waals surface area contributed by atoms with Crippen molar-refractivity contribution in [2.75, 3.05) is 32.8 Å². The van der Waals surface area contributed by atoms with Gasteiger partial charge in [0.05, 0.1) is 19.5 Å². The molecule has 1 aliphatic heterocycles. The van der Waals surface area contributed by atoms with Gasteiger partial charge in [0, 0.05) is 32.6 Å². The number of aryl methyl sites for hydroxylation is 1. The number of furan rings is 1. The lowest BCUT2D eigenvalue weighted by Gasteiger charge is -2.26. The van der Waals surface area contributed by atoms with Gasteiger partial charge in [0.1, 0.15) is 5.76 Å². The number of rotatable bonds is 8. The lowest BCUT2D eigenvalue weighted by atomic mass is 10.1. The monoisotopic (exact) mass is 314 g/mol. The maximum Gasteiger partial charge on any atom is 0.103 e. The largest absolute Gasteiger partial charge is 0.469 e. The van der Waals surface area contributed by atoms with Crippen LogP contribution >= 0.6 is 0 Å². The molecule has 0 aliphatic carbocycles. The standard InChI is InChI=1S/C19H26N2O2/c1(3-19-4-2-12-23-19)9-20-15-17-5-7-18(8-6-17)16-21-10-13-22-14-11-21/h2,4-8,12,20H,1,3,9-11,13-16H2. The molecule has 1 aromatic carbocycles. The van der Waals surface area contributed by atoms with E-state index < -0.39 is 0 Å². The van der Waals surface area contributed by atoms with Crippen molar-refractivity contribution >= 4 is 0 Å². The van der Waals surface area contributed by atoms with Crippen molar-refractivity contribution in [2.24, 2.45) is 0 Å². The van der Waals surface area contributed by atoms with Crippen LogP contribution in [0.1, 0.15) is 23.3 Å². The molecule has 2 aromatic rings. The van der Waals surface area contributed by atoms with Crippen molar-refractivity contribution in [2.45, 2.75) is 25.9 Å². The minimum atomic E-state index is 0.861. The van der Waals surface area contributed by atoms with Crippen molar-refractivity contribution in [1.29, 1.82) is 0 Å². The quantitative estimate of drug-likeness (QED) is 0.760. The zero-order valence-electron chi connectivity index (χ0n) is 13.7. The van der Waals surface area contributed by atoms with Gasteiger partial charge in [0.15, 0.2) is 0 Å². The van der Waals surface area contributed by atoms with E-state index in [1.54, 1.807) is 6.26 Å². The summed E-state index contributed by atoms with van der Waals surface area (Å²) in [5.74, 6) is 1.07. The molecule has 0 unspecified atom stereocenters. The molecule has 1 aliphatic rings. The number of hydrogen-bond donors (Lipinski definition) is 1. The Balaban J connectivity index is 1.34. The molecule has 124 valence electrons. The molecular weight excluding hydrogens is 288 g/mol. The van der Waals surface area contributed by atoms with Crippen LogP contribution in [0.3, 0.4) is 0 Å². The first kappa shape index (κ1) is 16.2. The van der Waals surface area contributed by atoms with Gasteiger partial charge in [-0.3, -0.25) is 4.90 Å². The highest BCUT2D eigenvalue weighted by Gasteiger charge is 2.10. The third kappa shape index (κ3) is 5.50. The van der Waals surface area contributed by atoms with Gasteiger partial charge in [0.25, 0.3) is 0 Å². The molecule has 1 saturated heterocycles. The Morgan fingerprint density at radius 2 is 1.78 bits per heavy atom. The predicted octanol–water partition coefficient (Wildman–Crippen LogP) is 2.83. The SMILES string of the molecule is c1coc(CCCNCc2ccc(CN3CCOCC3)cc2)c1. The molecule has 23 heavy (non-hydrogen) atoms. The molecule has 0 spiro atoms. The Hall–Kier alpha value is -1.62. The smallest absolute Gasteiger partial charge is 0.103 e. The highest BCUT2D eigenvalue weighted by Crippen LogP contribution is 2.09. The van der Waals surface area contributed by atoms with Gasteiger partial charge in [-0.2, -0.15) is 0 Å². The van der Waals surface area contributed by atoms with Gasteiger partial charge >= 0.3 is 0 Å². The summed E-state index contributed by atoms with van der Waals surface area (Å²) >= 11 is 0. The number of nitrogens with one attached hydrogen (secondary N) is 1. The lowest BCUT2D eigenvalue weighted by Crippen LogP contribution is -2.35. The molecular formula is C19H26N2O2. The third-order valence-electron chi connectivity index (χ3n) is 4.22. The summed E-state index contributed by atoms with van der Waals surface area (Å²) in [5, 5.41) is 3.50. The summed E-state index contributed by atoms with van der Waals surface area (Å²) in [6, 6.07) is 12.9. The van der Waals surface area contributed by atoms with Crippen LogP contribution in [0.5, 0.6) is 0 Å². The lowest BCUT2D eigenvalue weighted by molar-refractivity contribution is 0.0342. The van der Waals surface area contributed by atoms with Crippen molar-refractivity contribution in [3.05, 3.63) is 59.5 Å². The number of ether oxygens (including phenoxy) is 1. The van der Waals surface area contributed by atoms with Crippen LogP contribution in [0.2, 0.25) is 0 Å². The van der Waals surface area contributed by atoms with E-state index in [0.29, 0.717) is 0 Å². The number of morpholine rings is 1. The van der Waals surface area contributed by atoms with Crippen molar-refractivity contribution < 1.29 is 9.15 Å². The first-order chi connectivity index (χ1) is 11.4. The van der Waals surface area contributed by atoms with Crippen LogP contribution in [0.25, 0.3) is 0 Å². The van der Waals surface area contributed by atoms with E-state index >= 15 is 0 Å². The summed E-state index contributed by atoms with van der Waals surface area (Å²) in [7, 11) is 0. The van der Waals surface area contributed by atoms with Gasteiger partial charge in [-0.25, -0.2) is 0 Å². The normalized spacial score (nSPS) is 15.8. The van der Waals surface area contributed by atoms with E-state index in [0.717, 1.165) is 64.5 Å². The van der Waals surface area contributed by atoms with Gasteiger partial charge in [-0.15, -0.1) is 0 Å². The topological polar surface area (TPSA) is 37.6 Å². The average molecular weight is 314 g/mol. The Kier molecular flexibility index (Phi) is 6.26. The minimum Gasteiger partial charge on any atom is -0.469 e. The van der Waals surface area contributed by atoms with Crippen LogP contribution in [0.4, 0.5) is 0 Å². The van der Waals surface area contributed by atoms with E-state index in [1.807, 2.05) is 12.1 Å². The second-order valence-corrected chi connectivity index (χ2v) is 6.06. The van der Waals surface area contributed by atoms with Gasteiger partial charge in [-0.05, 0) is 36.2 Å². The fraction of sp³-hybridized carbons (Fsp3) is 0.474. The first-order valence-corrected chi connectivity index (χ1v) is 8.51. The fourth-order valence-electron chi connectivity index (χ4n) is 2.86. The summed E-state index contributed by atoms with van der Waals surface area (Å²) in [6.07, 6.45) is 3.84. The molecule has 0 bridgehead atoms. The molecule has 0 amide bonds. The van der Waals surface area contributed by atoms with Crippen LogP contribution in [-0.4, -0.2) is 37.7 Å². The molecule has 0 atom stereocenters. The van der Waals surface area contributed by atoms with E-state index in [2.05, 4.69) is 34.5 Å². The van der Waals surface area contributed by atoms with Crippen molar-refractivity contribution in [1.82, 2.24) is 10.2 Å². The van der Waals surface area contributed by atoms with Gasteiger partial charge < -0.3 is 14.5 Å². The first-order valence-electron chi connectivity index (χ1n) is 8.51. The third-order valence-corrected chi connectivity index (χ3v) is 4.22. The molecule has 3 rings (SSSR count). The van der Waals surface area contributed by atoms with E-state index in [-0.39, 0.29) is 0 Å². The number of hydrogen-bond acceptors (Lipinski definition) is 4. The summed E-state index contributed by atoms with van der Waals surface area (Å²) in [5.41, 5.74) is 2.72. The molecule has 1 N–H and O–H groups in total. The molecule has 0 radical (unpaired) electrons. The molecule has 1 fully saturated rings. The van der Waals surface area contributed by atoms with E-state index in [9.17, 15) is 0 Å². The average Bonchev–Trinajstić information content (AvgIpc) is 3.10. The van der Waals surface area contributed by atoms with Gasteiger partial charge in [-0.1, -0.05) is 24.3 Å². The Labute approximate surface area is 138 Å². The number of benzene rings is 1. The Morgan fingerprint density at radius 3 is 2.52 bits per heavy atom. The summed E-state index contributed by atoms with van der Waals surface area (Å²) in [4.78, 5) is 2.45. The van der Waals surface area contributed by atoms with Crippen LogP contribution in [0.15, 0.2) is 47.1 Å². The maximum absolute atomic E-state index is 5.39. The van der Waals surface area contributed by atoms with Crippen LogP contribution in [-0.2, 0) is 24.2 Å². The molecule has 0 saturated carbocycles. The summed E-state index contributed by atoms with van der Waals surface area (Å²) in [6.45, 7) is 6.77. The Bertz CT molecular complexity index is 545. The molecule has 1 aromatic heterocycles. The van der Waals surface area contributed by atoms with E-state index in [1.165, 1.54) is 11.1 Å². The zero-order chi connectivity index (χ0) is 15.7. The second kappa shape index (κ2) is 8.87. The molecule has 4 heteroatoms. The van der Waals surface area contributed by atoms with Gasteiger partial charge in [0.2, 0.25) is 0 Å². The Morgan fingerprint density at radius 1 is 1.00 bits per heavy atom. The fourth-order valence-corrected chi connectivity index (χ4v) is 2.86.